The normalized spacial score (nSPS) is 27.0. The van der Waals surface area contributed by atoms with Crippen LogP contribution in [-0.2, 0) is 18.2 Å². The first-order valence-electron chi connectivity index (χ1n) is 11.7. The van der Waals surface area contributed by atoms with Crippen molar-refractivity contribution in [3.63, 3.8) is 0 Å². The second kappa shape index (κ2) is 7.76. The molecule has 4 aromatic rings. The zero-order valence-corrected chi connectivity index (χ0v) is 22.2. The van der Waals surface area contributed by atoms with E-state index in [9.17, 15) is 14.4 Å². The Labute approximate surface area is 228 Å². The minimum absolute atomic E-state index is 0.0188. The van der Waals surface area contributed by atoms with Gasteiger partial charge in [0, 0.05) is 0 Å². The van der Waals surface area contributed by atoms with Crippen molar-refractivity contribution in [3.05, 3.63) is 119 Å². The lowest BCUT2D eigenvalue weighted by Gasteiger charge is -2.55. The van der Waals surface area contributed by atoms with Crippen LogP contribution < -0.4 is 9.64 Å². The van der Waals surface area contributed by atoms with Gasteiger partial charge in [-0.3, -0.25) is 9.59 Å². The van der Waals surface area contributed by atoms with Crippen LogP contribution in [0.25, 0.3) is 0 Å². The first-order chi connectivity index (χ1) is 17.9. The lowest BCUT2D eigenvalue weighted by atomic mass is 9.54. The molecule has 0 saturated carbocycles. The zero-order valence-electron chi connectivity index (χ0n) is 19.1. The zero-order chi connectivity index (χ0) is 25.5. The van der Waals surface area contributed by atoms with E-state index in [4.69, 9.17) is 9.15 Å². The van der Waals surface area contributed by atoms with Crippen LogP contribution in [0, 0.1) is 11.8 Å². The molecule has 182 valence electrons. The van der Waals surface area contributed by atoms with Crippen molar-refractivity contribution < 1.29 is 23.5 Å². The average molecular weight is 619 g/mol. The number of carbonyl (C=O) groups excluding carboxylic acids is 3. The second-order valence-electron chi connectivity index (χ2n) is 9.32. The maximum atomic E-state index is 14.3. The number of furan rings is 1. The predicted molar refractivity (Wildman–Crippen MR) is 142 cm³/mol. The number of amides is 2. The molecule has 1 aliphatic heterocycles. The number of hydrogen-bond donors (Lipinski definition) is 0. The van der Waals surface area contributed by atoms with Gasteiger partial charge in [0.05, 0.1) is 32.4 Å². The summed E-state index contributed by atoms with van der Waals surface area (Å²) in [7, 11) is 0. The number of nitrogens with zero attached hydrogens (tertiary/aromatic N) is 1. The smallest absolute Gasteiger partial charge is 0.379 e. The van der Waals surface area contributed by atoms with E-state index in [0.717, 1.165) is 22.3 Å². The van der Waals surface area contributed by atoms with E-state index in [1.165, 1.54) is 17.2 Å². The number of benzene rings is 3. The number of alkyl halides is 2. The summed E-state index contributed by atoms with van der Waals surface area (Å²) in [6.45, 7) is 0. The van der Waals surface area contributed by atoms with Crippen LogP contribution in [-0.4, -0.2) is 17.8 Å². The molecule has 3 aliphatic carbocycles. The lowest BCUT2D eigenvalue weighted by molar-refractivity contribution is -0.122. The number of halogens is 2. The SMILES string of the molecule is O=C(Oc1ccccc1N1C(=O)C2C(C1=O)C1(Br)c3ccccc3C2(Br)c2ccccc21)c1ccco1. The van der Waals surface area contributed by atoms with Gasteiger partial charge in [-0.15, -0.1) is 0 Å². The van der Waals surface area contributed by atoms with Gasteiger partial charge in [0.25, 0.3) is 0 Å². The van der Waals surface area contributed by atoms with Crippen LogP contribution in [0.3, 0.4) is 0 Å². The average Bonchev–Trinajstić information content (AvgIpc) is 3.55. The van der Waals surface area contributed by atoms with E-state index >= 15 is 0 Å². The van der Waals surface area contributed by atoms with Gasteiger partial charge >= 0.3 is 5.97 Å². The third-order valence-corrected chi connectivity index (χ3v) is 10.3. The van der Waals surface area contributed by atoms with Crippen molar-refractivity contribution in [1.82, 2.24) is 0 Å². The Morgan fingerprint density at radius 3 is 1.70 bits per heavy atom. The van der Waals surface area contributed by atoms with Crippen LogP contribution in [0.15, 0.2) is 95.6 Å². The summed E-state index contributed by atoms with van der Waals surface area (Å²) in [6.07, 6.45) is 1.37. The second-order valence-corrected chi connectivity index (χ2v) is 11.8. The molecular weight excluding hydrogens is 602 g/mol. The molecule has 0 radical (unpaired) electrons. The number of imide groups is 1. The molecule has 2 unspecified atom stereocenters. The van der Waals surface area contributed by atoms with E-state index in [0.29, 0.717) is 0 Å². The van der Waals surface area contributed by atoms with Gasteiger partial charge in [-0.2, -0.15) is 0 Å². The standard InChI is InChI=1S/C29H17Br2NO5/c30-28-16-8-1-2-9-17(16)29(31,19-11-4-3-10-18(19)28)24-23(28)25(33)32(26(24)34)20-12-5-6-13-21(20)37-27(35)22-14-7-15-36-22/h1-15,23-24H. The molecular formula is C29H17Br2NO5. The molecule has 4 aliphatic rings. The number of anilines is 1. The van der Waals surface area contributed by atoms with E-state index < -0.39 is 26.5 Å². The Morgan fingerprint density at radius 1 is 0.730 bits per heavy atom. The van der Waals surface area contributed by atoms with E-state index in [1.807, 2.05) is 48.5 Å². The predicted octanol–water partition coefficient (Wildman–Crippen LogP) is 5.91. The topological polar surface area (TPSA) is 76.8 Å². The van der Waals surface area contributed by atoms with Gasteiger partial charge in [0.1, 0.15) is 0 Å². The molecule has 8 heteroatoms. The number of hydrogen-bond acceptors (Lipinski definition) is 5. The Bertz CT molecular complexity index is 1510. The summed E-state index contributed by atoms with van der Waals surface area (Å²) in [5, 5.41) is 0. The number of carbonyl (C=O) groups is 3. The van der Waals surface area contributed by atoms with Crippen LogP contribution >= 0.6 is 31.9 Å². The van der Waals surface area contributed by atoms with Crippen molar-refractivity contribution in [3.8, 4) is 5.75 Å². The van der Waals surface area contributed by atoms with Crippen molar-refractivity contribution in [2.75, 3.05) is 4.90 Å². The Morgan fingerprint density at radius 2 is 1.22 bits per heavy atom. The highest BCUT2D eigenvalue weighted by molar-refractivity contribution is 9.10. The van der Waals surface area contributed by atoms with E-state index in [2.05, 4.69) is 31.9 Å². The Kier molecular flexibility index (Phi) is 4.76. The number of esters is 1. The minimum Gasteiger partial charge on any atom is -0.457 e. The Hall–Kier alpha value is -3.49. The third kappa shape index (κ3) is 2.77. The minimum atomic E-state index is -0.901. The van der Waals surface area contributed by atoms with Crippen LogP contribution in [0.4, 0.5) is 5.69 Å². The maximum absolute atomic E-state index is 14.3. The van der Waals surface area contributed by atoms with Gasteiger partial charge in [-0.05, 0) is 46.5 Å². The first-order valence-corrected chi connectivity index (χ1v) is 13.3. The number of rotatable bonds is 3. The Balaban J connectivity index is 1.40. The lowest BCUT2D eigenvalue weighted by Crippen LogP contribution is -2.56. The monoisotopic (exact) mass is 617 g/mol. The highest BCUT2D eigenvalue weighted by Crippen LogP contribution is 2.71. The summed E-state index contributed by atoms with van der Waals surface area (Å²) in [6, 6.07) is 25.4. The van der Waals surface area contributed by atoms with Gasteiger partial charge in [-0.25, -0.2) is 9.69 Å². The molecule has 6 nitrogen and oxygen atoms in total. The van der Waals surface area contributed by atoms with Gasteiger partial charge in [-0.1, -0.05) is 92.5 Å². The van der Waals surface area contributed by atoms with Crippen LogP contribution in [0.1, 0.15) is 32.8 Å². The van der Waals surface area contributed by atoms with Crippen LogP contribution in [0.2, 0.25) is 0 Å². The summed E-state index contributed by atoms with van der Waals surface area (Å²) in [5.74, 6) is -2.77. The summed E-state index contributed by atoms with van der Waals surface area (Å²) in [4.78, 5) is 42.4. The highest BCUT2D eigenvalue weighted by atomic mass is 79.9. The maximum Gasteiger partial charge on any atom is 0.379 e. The molecule has 1 saturated heterocycles. The molecule has 2 heterocycles. The largest absolute Gasteiger partial charge is 0.457 e. The van der Waals surface area contributed by atoms with E-state index in [1.54, 1.807) is 30.3 Å². The summed E-state index contributed by atoms with van der Waals surface area (Å²) >= 11 is 7.99. The fraction of sp³-hybridized carbons (Fsp3) is 0.138. The molecule has 0 spiro atoms. The van der Waals surface area contributed by atoms with Crippen molar-refractivity contribution in [2.45, 2.75) is 8.65 Å². The van der Waals surface area contributed by atoms with Crippen molar-refractivity contribution >= 4 is 55.3 Å². The van der Waals surface area contributed by atoms with Gasteiger partial charge in [0.2, 0.25) is 17.6 Å². The fourth-order valence-electron chi connectivity index (χ4n) is 6.18. The molecule has 3 aromatic carbocycles. The summed E-state index contributed by atoms with van der Waals surface area (Å²) < 4.78 is 8.94. The fourth-order valence-corrected chi connectivity index (χ4v) is 8.48. The molecule has 2 atom stereocenters. The number of para-hydroxylation sites is 2. The van der Waals surface area contributed by atoms with Crippen LogP contribution in [0.5, 0.6) is 5.75 Å². The summed E-state index contributed by atoms with van der Waals surface area (Å²) in [5.41, 5.74) is 4.02. The van der Waals surface area contributed by atoms with Gasteiger partial charge < -0.3 is 9.15 Å². The van der Waals surface area contributed by atoms with Crippen molar-refractivity contribution in [1.29, 1.82) is 0 Å². The number of ether oxygens (including phenoxy) is 1. The van der Waals surface area contributed by atoms with Crippen molar-refractivity contribution in [2.24, 2.45) is 11.8 Å². The van der Waals surface area contributed by atoms with E-state index in [-0.39, 0.29) is 29.0 Å². The molecule has 37 heavy (non-hydrogen) atoms. The molecule has 1 fully saturated rings. The molecule has 1 aromatic heterocycles. The molecule has 2 amide bonds. The molecule has 0 N–H and O–H groups in total. The molecule has 2 bridgehead atoms. The van der Waals surface area contributed by atoms with Gasteiger partial charge in [0.15, 0.2) is 5.75 Å². The quantitative estimate of drug-likeness (QED) is 0.124. The highest BCUT2D eigenvalue weighted by Gasteiger charge is 2.72. The molecule has 8 rings (SSSR count). The first kappa shape index (κ1) is 22.7. The third-order valence-electron chi connectivity index (χ3n) is 7.62.